The van der Waals surface area contributed by atoms with Crippen LogP contribution < -0.4 is 0 Å². The largest absolute Gasteiger partial charge is 0.306 e. The molecule has 0 spiro atoms. The molecule has 0 fully saturated rings. The van der Waals surface area contributed by atoms with Crippen LogP contribution in [0.4, 0.5) is 0 Å². The average Bonchev–Trinajstić information content (AvgIpc) is 3.49. The van der Waals surface area contributed by atoms with Gasteiger partial charge in [-0.25, -0.2) is 12.4 Å². The number of para-hydroxylation sites is 3. The molecule has 0 bridgehead atoms. The van der Waals surface area contributed by atoms with Gasteiger partial charge in [-0.15, -0.1) is 0 Å². The summed E-state index contributed by atoms with van der Waals surface area (Å²) in [5.41, 5.74) is 5.32. The van der Waals surface area contributed by atoms with Gasteiger partial charge >= 0.3 is 0 Å². The number of aromatic nitrogens is 4. The molecule has 0 saturated carbocycles. The van der Waals surface area contributed by atoms with Gasteiger partial charge in [-0.3, -0.25) is 0 Å². The van der Waals surface area contributed by atoms with Gasteiger partial charge in [0.25, 0.3) is 10.0 Å². The predicted molar refractivity (Wildman–Crippen MR) is 127 cm³/mol. The second-order valence-corrected chi connectivity index (χ2v) is 10.3. The second kappa shape index (κ2) is 5.35. The zero-order valence-electron chi connectivity index (χ0n) is 16.4. The number of nitrogens with zero attached hydrogens (tertiary/aromatic N) is 4. The first kappa shape index (κ1) is 16.9. The summed E-state index contributed by atoms with van der Waals surface area (Å²) in [6.45, 7) is 0. The lowest BCUT2D eigenvalue weighted by molar-refractivity contribution is 0.590. The number of benzene rings is 4. The van der Waals surface area contributed by atoms with E-state index in [4.69, 9.17) is 0 Å². The Morgan fingerprint density at radius 2 is 1.28 bits per heavy atom. The number of rotatable bonds is 0. The Hall–Kier alpha value is -3.75. The summed E-state index contributed by atoms with van der Waals surface area (Å²) >= 11 is 1.16. The van der Waals surface area contributed by atoms with Crippen LogP contribution >= 0.6 is 11.7 Å². The Morgan fingerprint density at radius 3 is 2.06 bits per heavy atom. The van der Waals surface area contributed by atoms with E-state index in [2.05, 4.69) is 19.4 Å². The van der Waals surface area contributed by atoms with Gasteiger partial charge in [-0.2, -0.15) is 8.75 Å². The molecule has 32 heavy (non-hydrogen) atoms. The average molecular weight is 453 g/mol. The molecule has 6 nitrogen and oxygen atoms in total. The van der Waals surface area contributed by atoms with E-state index < -0.39 is 10.0 Å². The van der Waals surface area contributed by atoms with Crippen LogP contribution in [-0.4, -0.2) is 25.7 Å². The Morgan fingerprint density at radius 1 is 0.688 bits per heavy atom. The zero-order chi connectivity index (χ0) is 21.2. The normalized spacial score (nSPS) is 14.8. The molecule has 0 atom stereocenters. The first-order valence-electron chi connectivity index (χ1n) is 10.1. The highest BCUT2D eigenvalue weighted by Gasteiger charge is 2.34. The van der Waals surface area contributed by atoms with Crippen LogP contribution in [0.3, 0.4) is 0 Å². The molecular weight excluding hydrogens is 440 g/mol. The van der Waals surface area contributed by atoms with Crippen molar-refractivity contribution in [1.29, 1.82) is 0 Å². The van der Waals surface area contributed by atoms with Crippen molar-refractivity contribution in [2.24, 2.45) is 0 Å². The van der Waals surface area contributed by atoms with Crippen LogP contribution in [0.2, 0.25) is 0 Å². The van der Waals surface area contributed by atoms with E-state index in [9.17, 15) is 8.42 Å². The molecule has 1 aliphatic rings. The maximum Gasteiger partial charge on any atom is 0.270 e. The maximum atomic E-state index is 14.1. The summed E-state index contributed by atoms with van der Waals surface area (Å²) in [6, 6.07) is 23.0. The van der Waals surface area contributed by atoms with Crippen LogP contribution in [-0.2, 0) is 10.0 Å². The SMILES string of the molecule is O=S1(=O)c2ccccc2-n2c3ccccc3c3c4nsnc4c4c5ccccc5n1c4c32. The number of hydrogen-bond donors (Lipinski definition) is 0. The molecule has 1 aliphatic heterocycles. The van der Waals surface area contributed by atoms with Crippen LogP contribution in [0.25, 0.3) is 60.3 Å². The highest BCUT2D eigenvalue weighted by atomic mass is 32.2. The third-order valence-corrected chi connectivity index (χ3v) is 8.81. The van der Waals surface area contributed by atoms with Gasteiger partial charge in [0.05, 0.1) is 39.5 Å². The summed E-state index contributed by atoms with van der Waals surface area (Å²) in [7, 11) is -3.87. The van der Waals surface area contributed by atoms with Crippen molar-refractivity contribution in [1.82, 2.24) is 17.3 Å². The van der Waals surface area contributed by atoms with Crippen LogP contribution in [0.1, 0.15) is 0 Å². The van der Waals surface area contributed by atoms with E-state index >= 15 is 0 Å². The van der Waals surface area contributed by atoms with Gasteiger partial charge < -0.3 is 4.57 Å². The monoisotopic (exact) mass is 452 g/mol. The van der Waals surface area contributed by atoms with E-state index in [1.54, 1.807) is 12.1 Å². The van der Waals surface area contributed by atoms with Crippen molar-refractivity contribution in [3.05, 3.63) is 72.8 Å². The van der Waals surface area contributed by atoms with Crippen molar-refractivity contribution in [3.63, 3.8) is 0 Å². The lowest BCUT2D eigenvalue weighted by atomic mass is 10.1. The van der Waals surface area contributed by atoms with Gasteiger partial charge in [-0.1, -0.05) is 48.5 Å². The zero-order valence-corrected chi connectivity index (χ0v) is 18.0. The summed E-state index contributed by atoms with van der Waals surface area (Å²) in [5, 5.41) is 3.67. The third-order valence-electron chi connectivity index (χ3n) is 6.52. The lowest BCUT2D eigenvalue weighted by Crippen LogP contribution is -2.13. The summed E-state index contributed by atoms with van der Waals surface area (Å²) < 4.78 is 41.2. The van der Waals surface area contributed by atoms with Crippen LogP contribution in [0.15, 0.2) is 77.7 Å². The van der Waals surface area contributed by atoms with Crippen molar-refractivity contribution < 1.29 is 8.42 Å². The highest BCUT2D eigenvalue weighted by Crippen LogP contribution is 2.48. The Balaban J connectivity index is 1.90. The minimum absolute atomic E-state index is 0.282. The van der Waals surface area contributed by atoms with E-state index in [0.29, 0.717) is 16.7 Å². The lowest BCUT2D eigenvalue weighted by Gasteiger charge is -2.11. The molecule has 8 rings (SSSR count). The summed E-state index contributed by atoms with van der Waals surface area (Å²) in [4.78, 5) is 0.282. The number of fused-ring (bicyclic) bond motifs is 11. The summed E-state index contributed by atoms with van der Waals surface area (Å²) in [5.74, 6) is 0. The molecule has 4 heterocycles. The quantitative estimate of drug-likeness (QED) is 0.307. The Kier molecular flexibility index (Phi) is 2.82. The molecule has 0 unspecified atom stereocenters. The Labute approximate surface area is 185 Å². The first-order chi connectivity index (χ1) is 15.7. The number of hydrogen-bond acceptors (Lipinski definition) is 5. The molecule has 0 aliphatic carbocycles. The smallest absolute Gasteiger partial charge is 0.270 e. The van der Waals surface area contributed by atoms with Crippen LogP contribution in [0.5, 0.6) is 0 Å². The Bertz CT molecular complexity index is 2060. The fourth-order valence-corrected chi connectivity index (χ4v) is 7.61. The fourth-order valence-electron chi connectivity index (χ4n) is 5.34. The van der Waals surface area contributed by atoms with Gasteiger partial charge in [0.2, 0.25) is 0 Å². The summed E-state index contributed by atoms with van der Waals surface area (Å²) in [6.07, 6.45) is 0. The molecule has 3 aromatic heterocycles. The highest BCUT2D eigenvalue weighted by molar-refractivity contribution is 7.90. The molecule has 0 N–H and O–H groups in total. The van der Waals surface area contributed by atoms with E-state index in [1.807, 2.05) is 54.6 Å². The fraction of sp³-hybridized carbons (Fsp3) is 0. The molecule has 0 amide bonds. The van der Waals surface area contributed by atoms with Gasteiger partial charge in [0, 0.05) is 21.5 Å². The minimum atomic E-state index is -3.87. The second-order valence-electron chi connectivity index (χ2n) is 8.02. The van der Waals surface area contributed by atoms with Crippen LogP contribution in [0, 0.1) is 0 Å². The van der Waals surface area contributed by atoms with Crippen molar-refractivity contribution in [2.45, 2.75) is 4.90 Å². The van der Waals surface area contributed by atoms with Crippen molar-refractivity contribution in [3.8, 4) is 5.69 Å². The topological polar surface area (TPSA) is 69.8 Å². The van der Waals surface area contributed by atoms with E-state index in [1.165, 1.54) is 3.97 Å². The molecule has 4 aromatic carbocycles. The standard InChI is InChI=1S/C24H12N4O2S2/c29-32(30)18-12-6-5-11-17(18)27-15-9-3-1-7-13(15)19-21-22(26-31-25-21)20-14-8-2-4-10-16(14)28(32)24(20)23(19)27/h1-12H. The molecule has 152 valence electrons. The predicted octanol–water partition coefficient (Wildman–Crippen LogP) is 5.45. The minimum Gasteiger partial charge on any atom is -0.306 e. The molecular formula is C24H12N4O2S2. The molecule has 0 saturated heterocycles. The van der Waals surface area contributed by atoms with Gasteiger partial charge in [0.15, 0.2) is 0 Å². The molecule has 8 heteroatoms. The van der Waals surface area contributed by atoms with Gasteiger partial charge in [-0.05, 0) is 24.3 Å². The maximum absolute atomic E-state index is 14.1. The van der Waals surface area contributed by atoms with E-state index in [0.717, 1.165) is 55.3 Å². The third kappa shape index (κ3) is 1.70. The molecule has 0 radical (unpaired) electrons. The van der Waals surface area contributed by atoms with E-state index in [-0.39, 0.29) is 4.90 Å². The first-order valence-corrected chi connectivity index (χ1v) is 12.3. The molecule has 7 aromatic rings. The van der Waals surface area contributed by atoms with Crippen molar-refractivity contribution >= 4 is 76.4 Å². The van der Waals surface area contributed by atoms with Crippen molar-refractivity contribution in [2.75, 3.05) is 0 Å². The van der Waals surface area contributed by atoms with Gasteiger partial charge in [0.1, 0.15) is 15.9 Å².